The van der Waals surface area contributed by atoms with Crippen LogP contribution in [0.15, 0.2) is 59.6 Å². The average Bonchev–Trinajstić information content (AvgIpc) is 2.64. The number of ether oxygens (including phenoxy) is 1. The Morgan fingerprint density at radius 3 is 2.32 bits per heavy atom. The highest BCUT2D eigenvalue weighted by Gasteiger charge is 2.39. The van der Waals surface area contributed by atoms with Gasteiger partial charge in [0.1, 0.15) is 5.75 Å². The Hall–Kier alpha value is -1.56. The number of halogens is 1. The number of hydrogen-bond donors (Lipinski definition) is 1. The van der Waals surface area contributed by atoms with E-state index in [0.29, 0.717) is 0 Å². The standard InChI is InChI=1S/C23H32BrNO2Si/c1-8-22(27-28(6,7)23(2,3)4)20-15-19(26-5)13-14-21(20)25-16-17-9-11-18(24)12-10-17/h8-15,22,25H,1,16H2,2-7H3. The lowest BCUT2D eigenvalue weighted by molar-refractivity contribution is 0.230. The van der Waals surface area contributed by atoms with Crippen LogP contribution in [0.5, 0.6) is 5.75 Å². The van der Waals surface area contributed by atoms with E-state index >= 15 is 0 Å². The molecule has 0 radical (unpaired) electrons. The Bertz CT molecular complexity index is 797. The second-order valence-corrected chi connectivity index (χ2v) is 14.1. The van der Waals surface area contributed by atoms with Crippen molar-refractivity contribution in [1.29, 1.82) is 0 Å². The molecular weight excluding hydrogens is 430 g/mol. The summed E-state index contributed by atoms with van der Waals surface area (Å²) in [6, 6.07) is 14.4. The van der Waals surface area contributed by atoms with Crippen LogP contribution in [-0.4, -0.2) is 15.4 Å². The summed E-state index contributed by atoms with van der Waals surface area (Å²) in [7, 11) is -0.274. The molecule has 3 nitrogen and oxygen atoms in total. The van der Waals surface area contributed by atoms with Crippen molar-refractivity contribution < 1.29 is 9.16 Å². The average molecular weight is 463 g/mol. The molecule has 0 aromatic heterocycles. The monoisotopic (exact) mass is 461 g/mol. The molecule has 0 saturated heterocycles. The van der Waals surface area contributed by atoms with Gasteiger partial charge in [-0.05, 0) is 54.0 Å². The highest BCUT2D eigenvalue weighted by Crippen LogP contribution is 2.41. The SMILES string of the molecule is C=CC(O[Si](C)(C)C(C)(C)C)c1cc(OC)ccc1NCc1ccc(Br)cc1. The van der Waals surface area contributed by atoms with Gasteiger partial charge in [-0.3, -0.25) is 0 Å². The van der Waals surface area contributed by atoms with Gasteiger partial charge in [-0.1, -0.05) is 54.9 Å². The number of rotatable bonds is 8. The predicted molar refractivity (Wildman–Crippen MR) is 126 cm³/mol. The molecule has 0 amide bonds. The molecule has 152 valence electrons. The minimum Gasteiger partial charge on any atom is -0.497 e. The molecule has 28 heavy (non-hydrogen) atoms. The van der Waals surface area contributed by atoms with Crippen LogP contribution in [0, 0.1) is 0 Å². The van der Waals surface area contributed by atoms with Crippen LogP contribution in [0.1, 0.15) is 38.0 Å². The van der Waals surface area contributed by atoms with Crippen LogP contribution in [-0.2, 0) is 11.0 Å². The zero-order valence-corrected chi connectivity index (χ0v) is 20.4. The van der Waals surface area contributed by atoms with Crippen LogP contribution in [0.25, 0.3) is 0 Å². The summed E-state index contributed by atoms with van der Waals surface area (Å²) in [4.78, 5) is 0. The fourth-order valence-electron chi connectivity index (χ4n) is 2.60. The summed E-state index contributed by atoms with van der Waals surface area (Å²) >= 11 is 3.48. The van der Waals surface area contributed by atoms with Crippen molar-refractivity contribution in [2.24, 2.45) is 0 Å². The van der Waals surface area contributed by atoms with Gasteiger partial charge in [-0.25, -0.2) is 0 Å². The highest BCUT2D eigenvalue weighted by molar-refractivity contribution is 9.10. The number of hydrogen-bond acceptors (Lipinski definition) is 3. The molecule has 2 rings (SSSR count). The summed E-state index contributed by atoms with van der Waals surface area (Å²) < 4.78 is 13.2. The van der Waals surface area contributed by atoms with Gasteiger partial charge in [-0.15, -0.1) is 6.58 Å². The van der Waals surface area contributed by atoms with Crippen LogP contribution in [0.3, 0.4) is 0 Å². The first-order valence-corrected chi connectivity index (χ1v) is 13.2. The minimum absolute atomic E-state index is 0.123. The molecule has 0 spiro atoms. The zero-order chi connectivity index (χ0) is 20.9. The highest BCUT2D eigenvalue weighted by atomic mass is 79.9. The maximum absolute atomic E-state index is 6.66. The van der Waals surface area contributed by atoms with Crippen molar-refractivity contribution in [1.82, 2.24) is 0 Å². The Morgan fingerprint density at radius 2 is 1.79 bits per heavy atom. The van der Waals surface area contributed by atoms with E-state index in [0.717, 1.165) is 28.0 Å². The van der Waals surface area contributed by atoms with Crippen molar-refractivity contribution in [2.45, 2.75) is 51.6 Å². The van der Waals surface area contributed by atoms with Gasteiger partial charge in [-0.2, -0.15) is 0 Å². The first kappa shape index (κ1) is 22.7. The van der Waals surface area contributed by atoms with Gasteiger partial charge in [0.05, 0.1) is 13.2 Å². The molecule has 0 aliphatic carbocycles. The largest absolute Gasteiger partial charge is 0.497 e. The van der Waals surface area contributed by atoms with Crippen LogP contribution in [0.2, 0.25) is 18.1 Å². The van der Waals surface area contributed by atoms with Crippen molar-refractivity contribution in [2.75, 3.05) is 12.4 Å². The van der Waals surface area contributed by atoms with E-state index in [2.05, 4.69) is 92.0 Å². The van der Waals surface area contributed by atoms with E-state index in [1.54, 1.807) is 7.11 Å². The third-order valence-electron chi connectivity index (χ3n) is 5.40. The lowest BCUT2D eigenvalue weighted by Gasteiger charge is -2.39. The fraction of sp³-hybridized carbons (Fsp3) is 0.391. The Balaban J connectivity index is 2.31. The second-order valence-electron chi connectivity index (χ2n) is 8.47. The molecule has 0 saturated carbocycles. The first-order valence-electron chi connectivity index (χ1n) is 9.54. The molecule has 0 heterocycles. The van der Waals surface area contributed by atoms with Crippen molar-refractivity contribution in [3.63, 3.8) is 0 Å². The molecule has 2 aromatic carbocycles. The topological polar surface area (TPSA) is 30.5 Å². The van der Waals surface area contributed by atoms with Crippen molar-refractivity contribution >= 4 is 29.9 Å². The Labute approximate surface area is 179 Å². The lowest BCUT2D eigenvalue weighted by Crippen LogP contribution is -2.41. The van der Waals surface area contributed by atoms with E-state index in [1.807, 2.05) is 18.2 Å². The summed E-state index contributed by atoms with van der Waals surface area (Å²) in [6.45, 7) is 16.1. The second kappa shape index (κ2) is 9.29. The third kappa shape index (κ3) is 5.72. The zero-order valence-electron chi connectivity index (χ0n) is 17.8. The maximum atomic E-state index is 6.66. The molecule has 0 aliphatic heterocycles. The van der Waals surface area contributed by atoms with E-state index < -0.39 is 8.32 Å². The molecule has 1 atom stereocenters. The van der Waals surface area contributed by atoms with E-state index in [4.69, 9.17) is 9.16 Å². The quantitative estimate of drug-likeness (QED) is 0.329. The summed E-state index contributed by atoms with van der Waals surface area (Å²) in [6.07, 6.45) is 1.70. The number of anilines is 1. The lowest BCUT2D eigenvalue weighted by atomic mass is 10.1. The van der Waals surface area contributed by atoms with Gasteiger partial charge >= 0.3 is 0 Å². The summed E-state index contributed by atoms with van der Waals surface area (Å²) in [5.41, 5.74) is 3.30. The number of nitrogens with one attached hydrogen (secondary N) is 1. The van der Waals surface area contributed by atoms with Gasteiger partial charge in [0.15, 0.2) is 8.32 Å². The molecule has 1 unspecified atom stereocenters. The van der Waals surface area contributed by atoms with Gasteiger partial charge in [0.2, 0.25) is 0 Å². The van der Waals surface area contributed by atoms with E-state index in [-0.39, 0.29) is 11.1 Å². The smallest absolute Gasteiger partial charge is 0.193 e. The fourth-order valence-corrected chi connectivity index (χ4v) is 4.07. The Morgan fingerprint density at radius 1 is 1.14 bits per heavy atom. The minimum atomic E-state index is -1.96. The number of benzene rings is 2. The van der Waals surface area contributed by atoms with Gasteiger partial charge < -0.3 is 14.5 Å². The summed E-state index contributed by atoms with van der Waals surface area (Å²) in [5.74, 6) is 0.815. The predicted octanol–water partition coefficient (Wildman–Crippen LogP) is 7.32. The van der Waals surface area contributed by atoms with E-state index in [1.165, 1.54) is 5.56 Å². The third-order valence-corrected chi connectivity index (χ3v) is 10.4. The van der Waals surface area contributed by atoms with Crippen LogP contribution in [0.4, 0.5) is 5.69 Å². The normalized spacial score (nSPS) is 13.1. The molecule has 5 heteroatoms. The Kier molecular flexibility index (Phi) is 7.54. The summed E-state index contributed by atoms with van der Waals surface area (Å²) in [5, 5.41) is 3.68. The molecule has 2 aromatic rings. The molecule has 0 bridgehead atoms. The molecular formula is C23H32BrNO2Si. The van der Waals surface area contributed by atoms with Gasteiger partial charge in [0, 0.05) is 22.3 Å². The van der Waals surface area contributed by atoms with E-state index in [9.17, 15) is 0 Å². The first-order chi connectivity index (χ1) is 13.1. The van der Waals surface area contributed by atoms with Crippen molar-refractivity contribution in [3.8, 4) is 5.75 Å². The number of methoxy groups -OCH3 is 1. The van der Waals surface area contributed by atoms with Crippen LogP contribution >= 0.6 is 15.9 Å². The van der Waals surface area contributed by atoms with Crippen molar-refractivity contribution in [3.05, 3.63) is 70.7 Å². The maximum Gasteiger partial charge on any atom is 0.193 e. The molecule has 0 fully saturated rings. The van der Waals surface area contributed by atoms with Crippen LogP contribution < -0.4 is 10.1 Å². The molecule has 1 N–H and O–H groups in total. The van der Waals surface area contributed by atoms with Gasteiger partial charge in [0.25, 0.3) is 0 Å². The molecule has 0 aliphatic rings.